The number of likely N-dealkylation sites (tertiary alicyclic amines) is 1. The lowest BCUT2D eigenvalue weighted by atomic mass is 10.1. The fraction of sp³-hybridized carbons (Fsp3) is 0.500. The zero-order valence-electron chi connectivity index (χ0n) is 11.4. The minimum absolute atomic E-state index is 0.197. The fourth-order valence-electron chi connectivity index (χ4n) is 2.40. The number of hydrogen-bond donors (Lipinski definition) is 1. The Hall–Kier alpha value is -1.62. The van der Waals surface area contributed by atoms with Crippen LogP contribution in [0.3, 0.4) is 0 Å². The number of ether oxygens (including phenoxy) is 1. The lowest BCUT2D eigenvalue weighted by molar-refractivity contribution is 0.0600. The number of nitrogens with one attached hydrogen (secondary N) is 1. The Balaban J connectivity index is 2.13. The third-order valence-corrected chi connectivity index (χ3v) is 3.63. The Morgan fingerprint density at radius 1 is 1.53 bits per heavy atom. The van der Waals surface area contributed by atoms with Crippen LogP contribution in [0.5, 0.6) is 0 Å². The summed E-state index contributed by atoms with van der Waals surface area (Å²) in [5.41, 5.74) is 0.709. The highest BCUT2D eigenvalue weighted by atomic mass is 19.1. The molecular weight excluding hydrogens is 247 g/mol. The number of halogens is 1. The van der Waals surface area contributed by atoms with Crippen molar-refractivity contribution in [2.24, 2.45) is 0 Å². The standard InChI is InChI=1S/C14H19FN2O2/c1-9-6-11(8-17(9)2)16-13-7-10(14(18)19-3)4-5-12(13)15/h4-5,7,9,11,16H,6,8H2,1-3H3. The second kappa shape index (κ2) is 5.57. The van der Waals surface area contributed by atoms with Crippen LogP contribution >= 0.6 is 0 Å². The molecule has 2 rings (SSSR count). The number of methoxy groups -OCH3 is 1. The van der Waals surface area contributed by atoms with Crippen molar-refractivity contribution in [1.82, 2.24) is 4.90 Å². The normalized spacial score (nSPS) is 23.4. The molecule has 0 aliphatic carbocycles. The van der Waals surface area contributed by atoms with Crippen molar-refractivity contribution in [2.75, 3.05) is 26.0 Å². The van der Waals surface area contributed by atoms with Crippen LogP contribution in [-0.4, -0.2) is 43.7 Å². The van der Waals surface area contributed by atoms with Gasteiger partial charge in [0.25, 0.3) is 0 Å². The van der Waals surface area contributed by atoms with E-state index >= 15 is 0 Å². The van der Waals surface area contributed by atoms with Gasteiger partial charge in [0.1, 0.15) is 5.82 Å². The summed E-state index contributed by atoms with van der Waals surface area (Å²) < 4.78 is 18.4. The molecule has 1 heterocycles. The molecule has 1 aromatic carbocycles. The molecule has 104 valence electrons. The molecule has 0 amide bonds. The van der Waals surface area contributed by atoms with Gasteiger partial charge in [0.2, 0.25) is 0 Å². The van der Waals surface area contributed by atoms with Crippen LogP contribution in [0.2, 0.25) is 0 Å². The van der Waals surface area contributed by atoms with E-state index in [1.807, 2.05) is 7.05 Å². The van der Waals surface area contributed by atoms with Gasteiger partial charge in [-0.3, -0.25) is 0 Å². The summed E-state index contributed by atoms with van der Waals surface area (Å²) in [5, 5.41) is 3.16. The number of benzene rings is 1. The summed E-state index contributed by atoms with van der Waals surface area (Å²) in [6.45, 7) is 3.01. The minimum atomic E-state index is -0.458. The van der Waals surface area contributed by atoms with Crippen molar-refractivity contribution in [3.05, 3.63) is 29.6 Å². The summed E-state index contributed by atoms with van der Waals surface area (Å²) in [6.07, 6.45) is 0.957. The average molecular weight is 266 g/mol. The number of hydrogen-bond acceptors (Lipinski definition) is 4. The van der Waals surface area contributed by atoms with Crippen molar-refractivity contribution in [3.63, 3.8) is 0 Å². The van der Waals surface area contributed by atoms with E-state index in [0.717, 1.165) is 13.0 Å². The van der Waals surface area contributed by atoms with E-state index in [1.165, 1.54) is 25.3 Å². The van der Waals surface area contributed by atoms with E-state index in [2.05, 4.69) is 21.9 Å². The van der Waals surface area contributed by atoms with Crippen LogP contribution in [0.1, 0.15) is 23.7 Å². The number of esters is 1. The van der Waals surface area contributed by atoms with Crippen LogP contribution in [0.15, 0.2) is 18.2 Å². The molecule has 0 spiro atoms. The predicted octanol–water partition coefficient (Wildman–Crippen LogP) is 2.12. The second-order valence-electron chi connectivity index (χ2n) is 5.05. The molecule has 1 aliphatic heterocycles. The van der Waals surface area contributed by atoms with E-state index < -0.39 is 5.97 Å². The average Bonchev–Trinajstić information content (AvgIpc) is 2.70. The lowest BCUT2D eigenvalue weighted by Gasteiger charge is -2.15. The van der Waals surface area contributed by atoms with Crippen molar-refractivity contribution in [2.45, 2.75) is 25.4 Å². The molecule has 2 atom stereocenters. The Bertz CT molecular complexity index is 469. The van der Waals surface area contributed by atoms with Crippen LogP contribution in [0, 0.1) is 5.82 Å². The monoisotopic (exact) mass is 266 g/mol. The molecule has 2 unspecified atom stereocenters. The number of carbonyl (C=O) groups is 1. The van der Waals surface area contributed by atoms with Gasteiger partial charge in [-0.05, 0) is 38.6 Å². The quantitative estimate of drug-likeness (QED) is 0.851. The summed E-state index contributed by atoms with van der Waals surface area (Å²) in [6, 6.07) is 4.89. The molecule has 0 radical (unpaired) electrons. The van der Waals surface area contributed by atoms with Gasteiger partial charge >= 0.3 is 5.97 Å². The molecule has 19 heavy (non-hydrogen) atoms. The van der Waals surface area contributed by atoms with Crippen LogP contribution in [0.4, 0.5) is 10.1 Å². The SMILES string of the molecule is COC(=O)c1ccc(F)c(NC2CC(C)N(C)C2)c1. The third-order valence-electron chi connectivity index (χ3n) is 3.63. The highest BCUT2D eigenvalue weighted by molar-refractivity contribution is 5.90. The van der Waals surface area contributed by atoms with Gasteiger partial charge in [-0.2, -0.15) is 0 Å². The van der Waals surface area contributed by atoms with Gasteiger partial charge in [-0.1, -0.05) is 0 Å². The Kier molecular flexibility index (Phi) is 4.04. The van der Waals surface area contributed by atoms with Crippen molar-refractivity contribution >= 4 is 11.7 Å². The summed E-state index contributed by atoms with van der Waals surface area (Å²) in [5.74, 6) is -0.810. The van der Waals surface area contributed by atoms with Gasteiger partial charge in [0, 0.05) is 18.6 Å². The highest BCUT2D eigenvalue weighted by Gasteiger charge is 2.26. The molecule has 1 saturated heterocycles. The topological polar surface area (TPSA) is 41.6 Å². The first kappa shape index (κ1) is 13.8. The van der Waals surface area contributed by atoms with Gasteiger partial charge in [-0.25, -0.2) is 9.18 Å². The first-order valence-electron chi connectivity index (χ1n) is 6.36. The molecule has 0 saturated carbocycles. The zero-order chi connectivity index (χ0) is 14.0. The van der Waals surface area contributed by atoms with E-state index in [-0.39, 0.29) is 11.9 Å². The van der Waals surface area contributed by atoms with Crippen LogP contribution in [0.25, 0.3) is 0 Å². The number of carbonyl (C=O) groups excluding carboxylic acids is 1. The number of anilines is 1. The molecule has 0 bridgehead atoms. The maximum atomic E-state index is 13.8. The summed E-state index contributed by atoms with van der Waals surface area (Å²) in [4.78, 5) is 13.7. The molecular formula is C14H19FN2O2. The van der Waals surface area contributed by atoms with Gasteiger partial charge in [-0.15, -0.1) is 0 Å². The summed E-state index contributed by atoms with van der Waals surface area (Å²) in [7, 11) is 3.36. The zero-order valence-corrected chi connectivity index (χ0v) is 11.4. The maximum absolute atomic E-state index is 13.8. The highest BCUT2D eigenvalue weighted by Crippen LogP contribution is 2.22. The fourth-order valence-corrected chi connectivity index (χ4v) is 2.40. The molecule has 1 aliphatic rings. The smallest absolute Gasteiger partial charge is 0.337 e. The van der Waals surface area contributed by atoms with Crippen molar-refractivity contribution in [1.29, 1.82) is 0 Å². The lowest BCUT2D eigenvalue weighted by Crippen LogP contribution is -2.25. The molecule has 4 nitrogen and oxygen atoms in total. The van der Waals surface area contributed by atoms with Gasteiger partial charge < -0.3 is 15.0 Å². The molecule has 0 aromatic heterocycles. The first-order chi connectivity index (χ1) is 9.01. The largest absolute Gasteiger partial charge is 0.465 e. The number of rotatable bonds is 3. The first-order valence-corrected chi connectivity index (χ1v) is 6.36. The molecule has 5 heteroatoms. The van der Waals surface area contributed by atoms with E-state index in [1.54, 1.807) is 0 Å². The number of likely N-dealkylation sites (N-methyl/N-ethyl adjacent to an activating group) is 1. The molecule has 1 N–H and O–H groups in total. The molecule has 1 fully saturated rings. The van der Waals surface area contributed by atoms with E-state index in [0.29, 0.717) is 17.3 Å². The van der Waals surface area contributed by atoms with Crippen LogP contribution < -0.4 is 5.32 Å². The number of nitrogens with zero attached hydrogens (tertiary/aromatic N) is 1. The Labute approximate surface area is 112 Å². The van der Waals surface area contributed by atoms with Gasteiger partial charge in [0.15, 0.2) is 0 Å². The van der Waals surface area contributed by atoms with Crippen molar-refractivity contribution < 1.29 is 13.9 Å². The maximum Gasteiger partial charge on any atom is 0.337 e. The predicted molar refractivity (Wildman–Crippen MR) is 71.9 cm³/mol. The van der Waals surface area contributed by atoms with E-state index in [9.17, 15) is 9.18 Å². The Morgan fingerprint density at radius 2 is 2.26 bits per heavy atom. The molecule has 1 aromatic rings. The van der Waals surface area contributed by atoms with Crippen molar-refractivity contribution in [3.8, 4) is 0 Å². The minimum Gasteiger partial charge on any atom is -0.465 e. The Morgan fingerprint density at radius 3 is 2.84 bits per heavy atom. The van der Waals surface area contributed by atoms with Gasteiger partial charge in [0.05, 0.1) is 18.4 Å². The third kappa shape index (κ3) is 3.04. The van der Waals surface area contributed by atoms with E-state index in [4.69, 9.17) is 0 Å². The summed E-state index contributed by atoms with van der Waals surface area (Å²) >= 11 is 0. The second-order valence-corrected chi connectivity index (χ2v) is 5.05. The van der Waals surface area contributed by atoms with Crippen LogP contribution in [-0.2, 0) is 4.74 Å².